The summed E-state index contributed by atoms with van der Waals surface area (Å²) in [6, 6.07) is 0. The lowest BCUT2D eigenvalue weighted by molar-refractivity contribution is -0.408. The van der Waals surface area contributed by atoms with Crippen LogP contribution < -0.4 is 0 Å². The van der Waals surface area contributed by atoms with Gasteiger partial charge in [-0.2, -0.15) is 8.42 Å². The Morgan fingerprint density at radius 2 is 1.60 bits per heavy atom. The minimum atomic E-state index is -3.94. The maximum Gasteiger partial charge on any atom is 0.309 e. The molecule has 5 rings (SSSR count). The van der Waals surface area contributed by atoms with E-state index >= 15 is 0 Å². The highest BCUT2D eigenvalue weighted by atomic mass is 32.2. The average Bonchev–Trinajstić information content (AvgIpc) is 3.49. The Labute approximate surface area is 341 Å². The highest BCUT2D eigenvalue weighted by Gasteiger charge is 2.64. The van der Waals surface area contributed by atoms with Crippen LogP contribution in [0.1, 0.15) is 133 Å². The summed E-state index contributed by atoms with van der Waals surface area (Å²) in [7, 11) is -3.94. The van der Waals surface area contributed by atoms with E-state index in [0.29, 0.717) is 57.8 Å². The van der Waals surface area contributed by atoms with E-state index in [4.69, 9.17) is 27.9 Å². The van der Waals surface area contributed by atoms with Crippen molar-refractivity contribution in [2.45, 2.75) is 205 Å². The molecule has 0 radical (unpaired) electrons. The minimum absolute atomic E-state index is 0.00130. The molecule has 0 bridgehead atoms. The monoisotopic (exact) mass is 830 g/mol. The molecule has 2 spiro atoms. The molecule has 0 aromatic rings. The lowest BCUT2D eigenvalue weighted by Gasteiger charge is -2.55. The predicted octanol–water partition coefficient (Wildman–Crippen LogP) is 5.96. The summed E-state index contributed by atoms with van der Waals surface area (Å²) in [5.74, 6) is -5.80. The van der Waals surface area contributed by atoms with Gasteiger partial charge in [0.15, 0.2) is 5.79 Å². The number of carboxylic acid groups (broad SMARTS) is 1. The van der Waals surface area contributed by atoms with Gasteiger partial charge in [0.1, 0.15) is 6.10 Å². The maximum atomic E-state index is 12.6. The van der Waals surface area contributed by atoms with Gasteiger partial charge >= 0.3 is 5.97 Å². The van der Waals surface area contributed by atoms with Crippen molar-refractivity contribution in [2.75, 3.05) is 6.26 Å². The first-order chi connectivity index (χ1) is 26.5. The summed E-state index contributed by atoms with van der Waals surface area (Å²) in [4.78, 5) is 12.0. The molecule has 0 amide bonds. The van der Waals surface area contributed by atoms with Crippen LogP contribution in [0.4, 0.5) is 0 Å². The highest BCUT2D eigenvalue weighted by molar-refractivity contribution is 7.86. The fraction of sp³-hybridized carbons (Fsp3) is 0.930. The smallest absolute Gasteiger partial charge is 0.309 e. The van der Waals surface area contributed by atoms with E-state index in [9.17, 15) is 33.6 Å². The topological polar surface area (TPSA) is 188 Å². The number of carboxylic acids is 1. The first-order valence-electron chi connectivity index (χ1n) is 21.8. The Kier molecular flexibility index (Phi) is 14.5. The van der Waals surface area contributed by atoms with Crippen LogP contribution >= 0.6 is 0 Å². The van der Waals surface area contributed by atoms with E-state index in [1.54, 1.807) is 12.2 Å². The molecule has 4 fully saturated rings. The van der Waals surface area contributed by atoms with Crippen LogP contribution in [0.3, 0.4) is 0 Å². The zero-order valence-electron chi connectivity index (χ0n) is 36.3. The zero-order chi connectivity index (χ0) is 42.5. The van der Waals surface area contributed by atoms with Gasteiger partial charge in [0.2, 0.25) is 5.79 Å². The van der Waals surface area contributed by atoms with Gasteiger partial charge in [-0.25, -0.2) is 0 Å². The fourth-order valence-electron chi connectivity index (χ4n) is 11.0. The van der Waals surface area contributed by atoms with Gasteiger partial charge in [-0.1, -0.05) is 55.4 Å². The highest BCUT2D eigenvalue weighted by Crippen LogP contribution is 2.55. The Hall–Kier alpha value is -1.20. The molecule has 0 saturated carbocycles. The molecule has 57 heavy (non-hydrogen) atoms. The van der Waals surface area contributed by atoms with E-state index in [1.807, 2.05) is 55.4 Å². The molecular weight excluding hydrogens is 757 g/mol. The number of aliphatic hydroxyl groups is 3. The number of ether oxygens (including phenoxy) is 5. The van der Waals surface area contributed by atoms with Crippen molar-refractivity contribution in [1.82, 2.24) is 0 Å². The third-order valence-electron chi connectivity index (χ3n) is 14.9. The van der Waals surface area contributed by atoms with E-state index in [-0.39, 0.29) is 35.9 Å². The Bertz CT molecular complexity index is 1530. The number of hydrogen-bond donors (Lipinski definition) is 4. The molecule has 5 aliphatic heterocycles. The second-order valence-corrected chi connectivity index (χ2v) is 20.5. The first-order valence-corrected chi connectivity index (χ1v) is 23.6. The maximum absolute atomic E-state index is 12.6. The molecule has 4 N–H and O–H groups in total. The number of aliphatic carboxylic acids is 1. The largest absolute Gasteiger partial charge is 0.481 e. The predicted molar refractivity (Wildman–Crippen MR) is 213 cm³/mol. The first kappa shape index (κ1) is 46.9. The van der Waals surface area contributed by atoms with Crippen LogP contribution in [0, 0.1) is 41.4 Å². The minimum Gasteiger partial charge on any atom is -0.481 e. The molecule has 0 aliphatic carbocycles. The molecule has 0 aromatic carbocycles. The SMILES string of the molecule is CC[C@@H]([C@H](O)[C@@H](C)[C@@H](O)[C@H](C)[C@@H]1O[C@@H]([C@@H](CC)C(=O)O)CC[C@@H]1C)[C@H]1O[C@]2(C=C[C@@H](OS(C)(=O)=O)[C@]3(CC[C@@](C)([C@H]4CC[C@](O)(CC)[C@H](C)O4)O3)O2)[C@H](C)C[C@@H]1C. The summed E-state index contributed by atoms with van der Waals surface area (Å²) >= 11 is 0. The van der Waals surface area contributed by atoms with Gasteiger partial charge in [0.05, 0.1) is 66.1 Å². The van der Waals surface area contributed by atoms with Gasteiger partial charge in [-0.05, 0) is 95.6 Å². The summed E-state index contributed by atoms with van der Waals surface area (Å²) in [6.07, 6.45) is 4.87. The molecule has 0 aromatic heterocycles. The summed E-state index contributed by atoms with van der Waals surface area (Å²) in [6.45, 7) is 19.6. The summed E-state index contributed by atoms with van der Waals surface area (Å²) in [5, 5.41) is 44.9. The van der Waals surface area contributed by atoms with Crippen LogP contribution in [0.5, 0.6) is 0 Å². The Morgan fingerprint density at radius 3 is 2.18 bits per heavy atom. The fourth-order valence-corrected chi connectivity index (χ4v) is 11.6. The lowest BCUT2D eigenvalue weighted by Crippen LogP contribution is -2.63. The van der Waals surface area contributed by atoms with Gasteiger partial charge in [-0.3, -0.25) is 8.98 Å². The lowest BCUT2D eigenvalue weighted by atomic mass is 9.72. The molecule has 0 unspecified atom stereocenters. The van der Waals surface area contributed by atoms with Gasteiger partial charge in [-0.15, -0.1) is 0 Å². The third kappa shape index (κ3) is 9.35. The normalized spacial score (nSPS) is 44.7. The van der Waals surface area contributed by atoms with Crippen molar-refractivity contribution in [3.05, 3.63) is 12.2 Å². The summed E-state index contributed by atoms with van der Waals surface area (Å²) in [5.41, 5.74) is -1.82. The molecule has 19 atom stereocenters. The zero-order valence-corrected chi connectivity index (χ0v) is 37.1. The molecule has 4 saturated heterocycles. The average molecular weight is 831 g/mol. The van der Waals surface area contributed by atoms with E-state index < -0.39 is 93.2 Å². The molecular formula is C43H74O13S. The Balaban J connectivity index is 1.38. The van der Waals surface area contributed by atoms with E-state index in [1.165, 1.54) is 0 Å². The van der Waals surface area contributed by atoms with Crippen LogP contribution in [-0.2, 0) is 42.8 Å². The van der Waals surface area contributed by atoms with Crippen molar-refractivity contribution in [2.24, 2.45) is 41.4 Å². The van der Waals surface area contributed by atoms with Crippen molar-refractivity contribution in [1.29, 1.82) is 0 Å². The van der Waals surface area contributed by atoms with Crippen molar-refractivity contribution in [3.8, 4) is 0 Å². The Morgan fingerprint density at radius 1 is 0.912 bits per heavy atom. The van der Waals surface area contributed by atoms with Crippen molar-refractivity contribution < 1.29 is 61.5 Å². The quantitative estimate of drug-likeness (QED) is 0.119. The van der Waals surface area contributed by atoms with Crippen LogP contribution in [0.25, 0.3) is 0 Å². The number of carbonyl (C=O) groups is 1. The van der Waals surface area contributed by atoms with Crippen molar-refractivity contribution in [3.63, 3.8) is 0 Å². The van der Waals surface area contributed by atoms with Gasteiger partial charge < -0.3 is 44.1 Å². The van der Waals surface area contributed by atoms with Gasteiger partial charge in [0, 0.05) is 30.1 Å². The summed E-state index contributed by atoms with van der Waals surface area (Å²) < 4.78 is 64.8. The molecule has 5 aliphatic rings. The number of rotatable bonds is 14. The molecule has 5 heterocycles. The van der Waals surface area contributed by atoms with Crippen molar-refractivity contribution >= 4 is 16.1 Å². The molecule has 13 nitrogen and oxygen atoms in total. The van der Waals surface area contributed by atoms with Crippen LogP contribution in [0.15, 0.2) is 12.2 Å². The second-order valence-electron chi connectivity index (χ2n) is 18.9. The van der Waals surface area contributed by atoms with E-state index in [0.717, 1.165) is 12.7 Å². The third-order valence-corrected chi connectivity index (χ3v) is 15.5. The molecule has 330 valence electrons. The van der Waals surface area contributed by atoms with Crippen LogP contribution in [-0.4, -0.2) is 113 Å². The molecule has 14 heteroatoms. The standard InChI is InChI=1S/C43H74O13S/c1-12-30(39(46)47)32-16-15-24(4)37(52-32)28(8)35(44)27(7)36(45)31(13-2)38-25(5)23-26(6)42(53-38)20-18-34(54-57(11,49)50)43(56-42)22-21-40(10,55-43)33-17-19-41(48,14-3)29(9)51-33/h18,20,24-38,44-45,48H,12-17,19,21-23H2,1-11H3,(H,46,47)/t24-,25-,26+,27-,28-,29-,30+,31-,32+,33+,34+,35+,36+,37+,38-,40-,41+,42-,43-/m0/s1. The van der Waals surface area contributed by atoms with E-state index in [2.05, 4.69) is 13.8 Å². The second kappa shape index (κ2) is 17.6. The van der Waals surface area contributed by atoms with Gasteiger partial charge in [0.25, 0.3) is 10.1 Å². The number of hydrogen-bond acceptors (Lipinski definition) is 12. The van der Waals surface area contributed by atoms with Crippen LogP contribution in [0.2, 0.25) is 0 Å². The number of aliphatic hydroxyl groups excluding tert-OH is 2.